The van der Waals surface area contributed by atoms with Crippen LogP contribution in [0.1, 0.15) is 79.1 Å². The van der Waals surface area contributed by atoms with E-state index in [9.17, 15) is 0 Å². The van der Waals surface area contributed by atoms with Gasteiger partial charge in [0, 0.05) is 0 Å². The quantitative estimate of drug-likeness (QED) is 0.515. The van der Waals surface area contributed by atoms with E-state index in [-0.39, 0.29) is 0 Å². The first kappa shape index (κ1) is 13.4. The Labute approximate surface area is 109 Å². The lowest BCUT2D eigenvalue weighted by atomic mass is 9.70. The van der Waals surface area contributed by atoms with Gasteiger partial charge in [-0.1, -0.05) is 47.0 Å². The van der Waals surface area contributed by atoms with E-state index in [1.54, 1.807) is 0 Å². The maximum absolute atomic E-state index is 2.50. The predicted molar refractivity (Wildman–Crippen MR) is 76.0 cm³/mol. The third kappa shape index (κ3) is 3.73. The minimum absolute atomic E-state index is 0.610. The number of hydrogen-bond donors (Lipinski definition) is 0. The Kier molecular flexibility index (Phi) is 4.21. The fourth-order valence-electron chi connectivity index (χ4n) is 4.28. The summed E-state index contributed by atoms with van der Waals surface area (Å²) in [4.78, 5) is 0. The second kappa shape index (κ2) is 5.33. The van der Waals surface area contributed by atoms with E-state index in [0.717, 1.165) is 23.7 Å². The largest absolute Gasteiger partial charge is 0.0625 e. The molecule has 0 radical (unpaired) electrons. The van der Waals surface area contributed by atoms with E-state index in [2.05, 4.69) is 27.7 Å². The van der Waals surface area contributed by atoms with Gasteiger partial charge in [0.1, 0.15) is 0 Å². The van der Waals surface area contributed by atoms with Crippen LogP contribution < -0.4 is 0 Å². The van der Waals surface area contributed by atoms with Crippen LogP contribution in [0.15, 0.2) is 0 Å². The van der Waals surface area contributed by atoms with E-state index in [1.807, 2.05) is 0 Å². The summed E-state index contributed by atoms with van der Waals surface area (Å²) in [5, 5.41) is 0. The molecule has 2 fully saturated rings. The molecule has 0 aromatic rings. The Hall–Kier alpha value is 0. The third-order valence-corrected chi connectivity index (χ3v) is 5.56. The molecule has 0 bridgehead atoms. The zero-order chi connectivity index (χ0) is 12.5. The van der Waals surface area contributed by atoms with E-state index < -0.39 is 0 Å². The molecule has 0 saturated heterocycles. The van der Waals surface area contributed by atoms with Crippen LogP contribution in [0, 0.1) is 29.1 Å². The average molecular weight is 236 g/mol. The molecule has 0 nitrogen and oxygen atoms in total. The number of hydrogen-bond acceptors (Lipinski definition) is 0. The van der Waals surface area contributed by atoms with E-state index >= 15 is 0 Å². The van der Waals surface area contributed by atoms with Crippen LogP contribution in [0.3, 0.4) is 0 Å². The lowest BCUT2D eigenvalue weighted by Crippen LogP contribution is -2.25. The van der Waals surface area contributed by atoms with Crippen LogP contribution in [0.2, 0.25) is 0 Å². The van der Waals surface area contributed by atoms with Crippen molar-refractivity contribution >= 4 is 0 Å². The van der Waals surface area contributed by atoms with Gasteiger partial charge in [-0.25, -0.2) is 0 Å². The van der Waals surface area contributed by atoms with Crippen molar-refractivity contribution in [2.45, 2.75) is 79.1 Å². The van der Waals surface area contributed by atoms with Gasteiger partial charge in [-0.05, 0) is 61.2 Å². The van der Waals surface area contributed by atoms with Crippen LogP contribution >= 0.6 is 0 Å². The standard InChI is InChI=1S/C17H32/c1-13-5-7-15(8-6-13)16-11-14(2)9-10-17(3,4)12-16/h13-16H,5-12H2,1-4H3. The summed E-state index contributed by atoms with van der Waals surface area (Å²) in [5.41, 5.74) is 0.610. The Morgan fingerprint density at radius 3 is 2.06 bits per heavy atom. The molecule has 0 spiro atoms. The molecule has 2 rings (SSSR count). The van der Waals surface area contributed by atoms with Crippen molar-refractivity contribution in [2.24, 2.45) is 29.1 Å². The first-order valence-corrected chi connectivity index (χ1v) is 7.96. The molecule has 0 aromatic heterocycles. The van der Waals surface area contributed by atoms with Crippen LogP contribution in [0.25, 0.3) is 0 Å². The smallest absolute Gasteiger partial charge is 0.0351 e. The summed E-state index contributed by atoms with van der Waals surface area (Å²) < 4.78 is 0. The molecular weight excluding hydrogens is 204 g/mol. The Morgan fingerprint density at radius 1 is 0.765 bits per heavy atom. The molecular formula is C17H32. The van der Waals surface area contributed by atoms with Crippen molar-refractivity contribution in [2.75, 3.05) is 0 Å². The second-order valence-corrected chi connectivity index (χ2v) is 8.03. The summed E-state index contributed by atoms with van der Waals surface area (Å²) in [6.07, 6.45) is 12.0. The summed E-state index contributed by atoms with van der Waals surface area (Å²) in [5.74, 6) is 4.07. The zero-order valence-corrected chi connectivity index (χ0v) is 12.5. The second-order valence-electron chi connectivity index (χ2n) is 8.03. The normalized spacial score (nSPS) is 43.1. The molecule has 100 valence electrons. The van der Waals surface area contributed by atoms with Gasteiger partial charge in [-0.2, -0.15) is 0 Å². The van der Waals surface area contributed by atoms with Crippen LogP contribution in [0.5, 0.6) is 0 Å². The van der Waals surface area contributed by atoms with Crippen molar-refractivity contribution in [3.63, 3.8) is 0 Å². The maximum atomic E-state index is 2.50. The van der Waals surface area contributed by atoms with Crippen molar-refractivity contribution in [3.8, 4) is 0 Å². The molecule has 0 amide bonds. The Morgan fingerprint density at radius 2 is 1.41 bits per heavy atom. The highest BCUT2D eigenvalue weighted by Gasteiger charge is 2.34. The summed E-state index contributed by atoms with van der Waals surface area (Å²) in [7, 11) is 0. The average Bonchev–Trinajstić information content (AvgIpc) is 2.39. The van der Waals surface area contributed by atoms with Gasteiger partial charge >= 0.3 is 0 Å². The highest BCUT2D eigenvalue weighted by molar-refractivity contribution is 4.85. The third-order valence-electron chi connectivity index (χ3n) is 5.56. The number of rotatable bonds is 1. The molecule has 0 aliphatic heterocycles. The fourth-order valence-corrected chi connectivity index (χ4v) is 4.28. The van der Waals surface area contributed by atoms with Crippen LogP contribution in [0.4, 0.5) is 0 Å². The SMILES string of the molecule is CC1CCC(C2CC(C)CCC(C)(C)C2)CC1. The first-order chi connectivity index (χ1) is 7.96. The highest BCUT2D eigenvalue weighted by Crippen LogP contribution is 2.46. The minimum atomic E-state index is 0.610. The molecule has 2 aliphatic carbocycles. The van der Waals surface area contributed by atoms with E-state index in [0.29, 0.717) is 5.41 Å². The van der Waals surface area contributed by atoms with Gasteiger partial charge < -0.3 is 0 Å². The van der Waals surface area contributed by atoms with Crippen LogP contribution in [-0.4, -0.2) is 0 Å². The topological polar surface area (TPSA) is 0 Å². The zero-order valence-electron chi connectivity index (χ0n) is 12.5. The lowest BCUT2D eigenvalue weighted by Gasteiger charge is -2.36. The Balaban J connectivity index is 1.97. The summed E-state index contributed by atoms with van der Waals surface area (Å²) in [6, 6.07) is 0. The predicted octanol–water partition coefficient (Wildman–Crippen LogP) is 5.67. The molecule has 17 heavy (non-hydrogen) atoms. The molecule has 2 aliphatic rings. The summed E-state index contributed by atoms with van der Waals surface area (Å²) in [6.45, 7) is 9.93. The van der Waals surface area contributed by atoms with Gasteiger partial charge in [-0.3, -0.25) is 0 Å². The van der Waals surface area contributed by atoms with Crippen molar-refractivity contribution in [1.29, 1.82) is 0 Å². The van der Waals surface area contributed by atoms with Crippen molar-refractivity contribution in [1.82, 2.24) is 0 Å². The molecule has 0 N–H and O–H groups in total. The maximum Gasteiger partial charge on any atom is -0.0351 e. The fraction of sp³-hybridized carbons (Fsp3) is 1.00. The van der Waals surface area contributed by atoms with E-state index in [4.69, 9.17) is 0 Å². The Bertz CT molecular complexity index is 232. The molecule has 0 aromatic carbocycles. The van der Waals surface area contributed by atoms with Crippen LogP contribution in [-0.2, 0) is 0 Å². The molecule has 2 unspecified atom stereocenters. The van der Waals surface area contributed by atoms with Gasteiger partial charge in [0.05, 0.1) is 0 Å². The van der Waals surface area contributed by atoms with Gasteiger partial charge in [0.2, 0.25) is 0 Å². The van der Waals surface area contributed by atoms with Gasteiger partial charge in [-0.15, -0.1) is 0 Å². The van der Waals surface area contributed by atoms with Gasteiger partial charge in [0.25, 0.3) is 0 Å². The van der Waals surface area contributed by atoms with Gasteiger partial charge in [0.15, 0.2) is 0 Å². The highest BCUT2D eigenvalue weighted by atomic mass is 14.4. The van der Waals surface area contributed by atoms with Crippen molar-refractivity contribution < 1.29 is 0 Å². The molecule has 2 saturated carbocycles. The molecule has 2 atom stereocenters. The molecule has 0 heteroatoms. The summed E-state index contributed by atoms with van der Waals surface area (Å²) >= 11 is 0. The first-order valence-electron chi connectivity index (χ1n) is 7.96. The molecule has 0 heterocycles. The minimum Gasteiger partial charge on any atom is -0.0625 e. The van der Waals surface area contributed by atoms with E-state index in [1.165, 1.54) is 51.4 Å². The van der Waals surface area contributed by atoms with Crippen molar-refractivity contribution in [3.05, 3.63) is 0 Å². The lowest BCUT2D eigenvalue weighted by molar-refractivity contribution is 0.152. The monoisotopic (exact) mass is 236 g/mol.